The highest BCUT2D eigenvalue weighted by molar-refractivity contribution is 7.99. The molecule has 0 radical (unpaired) electrons. The van der Waals surface area contributed by atoms with Crippen molar-refractivity contribution in [1.82, 2.24) is 20.4 Å². The minimum absolute atomic E-state index is 0.0762. The third-order valence-electron chi connectivity index (χ3n) is 4.45. The number of rotatable bonds is 9. The molecule has 1 N–H and O–H groups in total. The van der Waals surface area contributed by atoms with Crippen LogP contribution >= 0.6 is 23.4 Å². The summed E-state index contributed by atoms with van der Waals surface area (Å²) in [6.07, 6.45) is -2.35. The zero-order valence-electron chi connectivity index (χ0n) is 17.1. The van der Waals surface area contributed by atoms with Crippen molar-refractivity contribution in [3.8, 4) is 11.4 Å². The molecule has 2 aromatic heterocycles. The first kappa shape index (κ1) is 24.1. The number of carbonyl (C=O) groups is 1. The number of nitrogens with zero attached hydrogens (tertiary/aromatic N) is 3. The Morgan fingerprint density at radius 1 is 1.25 bits per heavy atom. The Kier molecular flexibility index (Phi) is 8.14. The van der Waals surface area contributed by atoms with E-state index in [1.54, 1.807) is 0 Å². The normalized spacial score (nSPS) is 11.5. The van der Waals surface area contributed by atoms with Crippen LogP contribution in [0.2, 0.25) is 5.02 Å². The fourth-order valence-electron chi connectivity index (χ4n) is 2.70. The summed E-state index contributed by atoms with van der Waals surface area (Å²) in [4.78, 5) is 20.1. The van der Waals surface area contributed by atoms with Crippen LogP contribution in [-0.4, -0.2) is 33.3 Å². The van der Waals surface area contributed by atoms with Crippen LogP contribution in [0.5, 0.6) is 0 Å². The number of halogens is 4. The molecule has 1 amide bonds. The van der Waals surface area contributed by atoms with Crippen molar-refractivity contribution in [2.45, 2.75) is 37.4 Å². The van der Waals surface area contributed by atoms with Crippen LogP contribution in [0.15, 0.2) is 46.1 Å². The van der Waals surface area contributed by atoms with E-state index in [1.807, 2.05) is 24.3 Å². The number of aromatic nitrogens is 3. The van der Waals surface area contributed by atoms with Crippen LogP contribution < -0.4 is 5.32 Å². The molecule has 11 heteroatoms. The summed E-state index contributed by atoms with van der Waals surface area (Å²) in [5.74, 6) is 1.04. The molecule has 32 heavy (non-hydrogen) atoms. The van der Waals surface area contributed by atoms with Gasteiger partial charge in [0.2, 0.25) is 17.6 Å². The maximum absolute atomic E-state index is 12.6. The SMILES string of the molecule is CCc1ccc(-c2noc(CCC(=O)NCCSc3ncc(C(F)(F)F)cc3Cl)n2)cc1. The lowest BCUT2D eigenvalue weighted by molar-refractivity contribution is -0.137. The highest BCUT2D eigenvalue weighted by atomic mass is 35.5. The van der Waals surface area contributed by atoms with Crippen LogP contribution in [0.1, 0.15) is 30.4 Å². The molecule has 0 bridgehead atoms. The Morgan fingerprint density at radius 3 is 2.66 bits per heavy atom. The van der Waals surface area contributed by atoms with Gasteiger partial charge in [0.05, 0.1) is 10.6 Å². The summed E-state index contributed by atoms with van der Waals surface area (Å²) < 4.78 is 43.1. The van der Waals surface area contributed by atoms with E-state index in [4.69, 9.17) is 16.1 Å². The highest BCUT2D eigenvalue weighted by Gasteiger charge is 2.31. The van der Waals surface area contributed by atoms with Gasteiger partial charge in [-0.15, -0.1) is 11.8 Å². The van der Waals surface area contributed by atoms with E-state index in [9.17, 15) is 18.0 Å². The van der Waals surface area contributed by atoms with Gasteiger partial charge < -0.3 is 9.84 Å². The van der Waals surface area contributed by atoms with Crippen molar-refractivity contribution in [3.63, 3.8) is 0 Å². The second kappa shape index (κ2) is 10.8. The monoisotopic (exact) mass is 484 g/mol. The number of benzene rings is 1. The minimum Gasteiger partial charge on any atom is -0.355 e. The number of carbonyl (C=O) groups excluding carboxylic acids is 1. The number of pyridine rings is 1. The largest absolute Gasteiger partial charge is 0.417 e. The fraction of sp³-hybridized carbons (Fsp3) is 0.333. The van der Waals surface area contributed by atoms with E-state index in [-0.39, 0.29) is 22.4 Å². The fourth-order valence-corrected chi connectivity index (χ4v) is 3.75. The predicted molar refractivity (Wildman–Crippen MR) is 115 cm³/mol. The van der Waals surface area contributed by atoms with Crippen LogP contribution in [0, 0.1) is 0 Å². The van der Waals surface area contributed by atoms with Crippen molar-refractivity contribution in [3.05, 3.63) is 58.6 Å². The number of alkyl halides is 3. The molecular weight excluding hydrogens is 465 g/mol. The molecule has 0 aliphatic carbocycles. The molecular formula is C21H20ClF3N4O2S. The summed E-state index contributed by atoms with van der Waals surface area (Å²) in [5, 5.41) is 6.88. The average molecular weight is 485 g/mol. The lowest BCUT2D eigenvalue weighted by Gasteiger charge is -2.09. The van der Waals surface area contributed by atoms with Gasteiger partial charge in [-0.05, 0) is 18.1 Å². The molecule has 0 fully saturated rings. The third-order valence-corrected chi connectivity index (χ3v) is 5.86. The lowest BCUT2D eigenvalue weighted by atomic mass is 10.1. The van der Waals surface area contributed by atoms with Gasteiger partial charge in [-0.3, -0.25) is 4.79 Å². The second-order valence-corrected chi connectivity index (χ2v) is 8.26. The van der Waals surface area contributed by atoms with Gasteiger partial charge in [-0.2, -0.15) is 18.2 Å². The number of thioether (sulfide) groups is 1. The Balaban J connectivity index is 1.40. The van der Waals surface area contributed by atoms with E-state index >= 15 is 0 Å². The molecule has 6 nitrogen and oxygen atoms in total. The van der Waals surface area contributed by atoms with Crippen molar-refractivity contribution in [2.24, 2.45) is 0 Å². The van der Waals surface area contributed by atoms with E-state index < -0.39 is 11.7 Å². The van der Waals surface area contributed by atoms with Gasteiger partial charge in [0.15, 0.2) is 0 Å². The van der Waals surface area contributed by atoms with Crippen LogP contribution in [0.4, 0.5) is 13.2 Å². The maximum atomic E-state index is 12.6. The van der Waals surface area contributed by atoms with Crippen molar-refractivity contribution in [2.75, 3.05) is 12.3 Å². The standard InChI is InChI=1S/C21H20ClF3N4O2S/c1-2-13-3-5-14(6-4-13)19-28-18(31-29-19)8-7-17(30)26-9-10-32-20-16(22)11-15(12-27-20)21(23,24)25/h3-6,11-12H,2,7-10H2,1H3,(H,26,30). The van der Waals surface area contributed by atoms with Crippen LogP contribution in [0.25, 0.3) is 11.4 Å². The molecule has 2 heterocycles. The first-order chi connectivity index (χ1) is 15.3. The van der Waals surface area contributed by atoms with Crippen molar-refractivity contribution in [1.29, 1.82) is 0 Å². The predicted octanol–water partition coefficient (Wildman–Crippen LogP) is 5.21. The summed E-state index contributed by atoms with van der Waals surface area (Å²) in [6.45, 7) is 2.38. The van der Waals surface area contributed by atoms with Crippen LogP contribution in [-0.2, 0) is 23.8 Å². The van der Waals surface area contributed by atoms with E-state index in [2.05, 4.69) is 27.4 Å². The average Bonchev–Trinajstić information content (AvgIpc) is 3.24. The van der Waals surface area contributed by atoms with Gasteiger partial charge in [0.25, 0.3) is 0 Å². The van der Waals surface area contributed by atoms with Crippen LogP contribution in [0.3, 0.4) is 0 Å². The highest BCUT2D eigenvalue weighted by Crippen LogP contribution is 2.33. The summed E-state index contributed by atoms with van der Waals surface area (Å²) in [5.41, 5.74) is 1.15. The summed E-state index contributed by atoms with van der Waals surface area (Å²) >= 11 is 7.02. The lowest BCUT2D eigenvalue weighted by Crippen LogP contribution is -2.26. The number of hydrogen-bond donors (Lipinski definition) is 1. The number of hydrogen-bond acceptors (Lipinski definition) is 6. The zero-order valence-corrected chi connectivity index (χ0v) is 18.7. The molecule has 170 valence electrons. The Labute approximate surface area is 192 Å². The molecule has 0 unspecified atom stereocenters. The van der Waals surface area contributed by atoms with Gasteiger partial charge in [-0.1, -0.05) is 47.9 Å². The first-order valence-corrected chi connectivity index (χ1v) is 11.2. The molecule has 0 aliphatic heterocycles. The van der Waals surface area contributed by atoms with Gasteiger partial charge in [0, 0.05) is 36.9 Å². The van der Waals surface area contributed by atoms with Gasteiger partial charge in [0.1, 0.15) is 5.03 Å². The number of amides is 1. The minimum atomic E-state index is -4.49. The van der Waals surface area contributed by atoms with Crippen molar-refractivity contribution < 1.29 is 22.5 Å². The second-order valence-electron chi connectivity index (χ2n) is 6.77. The zero-order chi connectivity index (χ0) is 23.1. The molecule has 1 aromatic carbocycles. The molecule has 0 saturated heterocycles. The smallest absolute Gasteiger partial charge is 0.355 e. The molecule has 0 aliphatic rings. The number of nitrogens with one attached hydrogen (secondary N) is 1. The van der Waals surface area contributed by atoms with E-state index in [0.29, 0.717) is 30.4 Å². The van der Waals surface area contributed by atoms with Crippen molar-refractivity contribution >= 4 is 29.3 Å². The Morgan fingerprint density at radius 2 is 2.00 bits per heavy atom. The quantitative estimate of drug-likeness (QED) is 0.332. The third kappa shape index (κ3) is 6.70. The first-order valence-electron chi connectivity index (χ1n) is 9.80. The van der Waals surface area contributed by atoms with Gasteiger partial charge in [-0.25, -0.2) is 4.98 Å². The summed E-state index contributed by atoms with van der Waals surface area (Å²) in [7, 11) is 0. The van der Waals surface area contributed by atoms with E-state index in [1.165, 1.54) is 5.56 Å². The number of aryl methyl sites for hydroxylation is 2. The maximum Gasteiger partial charge on any atom is 0.417 e. The molecule has 3 rings (SSSR count). The summed E-state index contributed by atoms with van der Waals surface area (Å²) in [6, 6.07) is 8.70. The van der Waals surface area contributed by atoms with Gasteiger partial charge >= 0.3 is 6.18 Å². The Hall–Kier alpha value is -2.59. The molecule has 0 saturated carbocycles. The molecule has 0 spiro atoms. The molecule has 0 atom stereocenters. The Bertz CT molecular complexity index is 1060. The molecule has 3 aromatic rings. The van der Waals surface area contributed by atoms with E-state index in [0.717, 1.165) is 36.0 Å². The topological polar surface area (TPSA) is 80.9 Å².